The van der Waals surface area contributed by atoms with Crippen LogP contribution in [-0.4, -0.2) is 49.7 Å². The summed E-state index contributed by atoms with van der Waals surface area (Å²) in [5, 5.41) is 0. The van der Waals surface area contributed by atoms with Crippen molar-refractivity contribution in [1.29, 1.82) is 0 Å². The number of ether oxygens (including phenoxy) is 3. The summed E-state index contributed by atoms with van der Waals surface area (Å²) in [5.74, 6) is 6.54. The minimum atomic E-state index is -0.292. The van der Waals surface area contributed by atoms with Crippen molar-refractivity contribution in [3.05, 3.63) is 0 Å². The number of hydrogen-bond donors (Lipinski definition) is 0. The van der Waals surface area contributed by atoms with E-state index in [-0.39, 0.29) is 36.5 Å². The van der Waals surface area contributed by atoms with Gasteiger partial charge in [-0.15, -0.1) is 0 Å². The SMILES string of the molecule is COCO[C@H]1CCC[C@]2(CCCC(CC#CI)N2C(=O)OC)[C@@H]1CC#CI. The van der Waals surface area contributed by atoms with Crippen molar-refractivity contribution in [2.75, 3.05) is 21.0 Å². The fraction of sp³-hybridized carbons (Fsp3) is 0.750. The molecule has 1 amide bonds. The number of halogens is 2. The normalized spacial score (nSPS) is 30.1. The van der Waals surface area contributed by atoms with E-state index < -0.39 is 0 Å². The van der Waals surface area contributed by atoms with Gasteiger partial charge < -0.3 is 14.2 Å². The number of carbonyl (C=O) groups excluding carboxylic acids is 1. The van der Waals surface area contributed by atoms with Crippen LogP contribution in [0.15, 0.2) is 0 Å². The molecule has 2 rings (SSSR count). The first kappa shape index (κ1) is 23.1. The lowest BCUT2D eigenvalue weighted by atomic mass is 9.64. The van der Waals surface area contributed by atoms with Gasteiger partial charge in [-0.2, -0.15) is 0 Å². The zero-order valence-corrected chi connectivity index (χ0v) is 20.2. The fourth-order valence-electron chi connectivity index (χ4n) is 4.81. The Morgan fingerprint density at radius 2 is 1.78 bits per heavy atom. The summed E-state index contributed by atoms with van der Waals surface area (Å²) in [5.41, 5.74) is -0.292. The quantitative estimate of drug-likeness (QED) is 0.261. The van der Waals surface area contributed by atoms with Crippen LogP contribution in [0, 0.1) is 25.6 Å². The van der Waals surface area contributed by atoms with E-state index in [9.17, 15) is 4.79 Å². The molecule has 1 unspecified atom stereocenters. The van der Waals surface area contributed by atoms with E-state index in [1.165, 1.54) is 7.11 Å². The van der Waals surface area contributed by atoms with Crippen molar-refractivity contribution in [2.24, 2.45) is 5.92 Å². The first-order valence-corrected chi connectivity index (χ1v) is 11.4. The fourth-order valence-corrected chi connectivity index (χ4v) is 5.25. The zero-order chi connectivity index (χ0) is 19.7. The number of carbonyl (C=O) groups is 1. The molecule has 0 aromatic carbocycles. The number of amides is 1. The van der Waals surface area contributed by atoms with E-state index in [2.05, 4.69) is 64.9 Å². The molecular formula is C20H27I2NO4. The van der Waals surface area contributed by atoms with Crippen molar-refractivity contribution >= 4 is 51.3 Å². The maximum Gasteiger partial charge on any atom is 0.410 e. The molecule has 0 aromatic heterocycles. The molecule has 1 saturated carbocycles. The van der Waals surface area contributed by atoms with Crippen LogP contribution in [0.4, 0.5) is 4.79 Å². The first-order chi connectivity index (χ1) is 13.1. The second kappa shape index (κ2) is 11.7. The van der Waals surface area contributed by atoms with Crippen LogP contribution < -0.4 is 0 Å². The molecule has 0 bridgehead atoms. The molecule has 2 fully saturated rings. The average molecular weight is 599 g/mol. The van der Waals surface area contributed by atoms with Crippen LogP contribution in [0.25, 0.3) is 0 Å². The lowest BCUT2D eigenvalue weighted by Crippen LogP contribution is -2.66. The summed E-state index contributed by atoms with van der Waals surface area (Å²) in [4.78, 5) is 14.9. The van der Waals surface area contributed by atoms with Crippen LogP contribution in [0.3, 0.4) is 0 Å². The van der Waals surface area contributed by atoms with Gasteiger partial charge in [-0.3, -0.25) is 4.90 Å². The summed E-state index contributed by atoms with van der Waals surface area (Å²) in [6.07, 6.45) is 7.07. The van der Waals surface area contributed by atoms with Crippen molar-refractivity contribution in [2.45, 2.75) is 69.1 Å². The van der Waals surface area contributed by atoms with Gasteiger partial charge in [0.25, 0.3) is 0 Å². The van der Waals surface area contributed by atoms with Gasteiger partial charge in [-0.25, -0.2) is 4.79 Å². The minimum Gasteiger partial charge on any atom is -0.453 e. The Bertz CT molecular complexity index is 617. The number of methoxy groups -OCH3 is 2. The Hall–Kier alpha value is -0.230. The second-order valence-corrected chi connectivity index (χ2v) is 8.13. The average Bonchev–Trinajstić information content (AvgIpc) is 2.69. The Labute approximate surface area is 189 Å². The Morgan fingerprint density at radius 3 is 2.41 bits per heavy atom. The van der Waals surface area contributed by atoms with Crippen molar-refractivity contribution < 1.29 is 19.0 Å². The lowest BCUT2D eigenvalue weighted by Gasteiger charge is -2.57. The summed E-state index contributed by atoms with van der Waals surface area (Å²) in [6, 6.07) is 0.0738. The second-order valence-electron chi connectivity index (χ2n) is 7.05. The summed E-state index contributed by atoms with van der Waals surface area (Å²) < 4.78 is 22.4. The van der Waals surface area contributed by atoms with Crippen LogP contribution in [0.2, 0.25) is 0 Å². The molecule has 1 aliphatic carbocycles. The highest BCUT2D eigenvalue weighted by Crippen LogP contribution is 2.49. The smallest absolute Gasteiger partial charge is 0.410 e. The Kier molecular flexibility index (Phi) is 9.98. The van der Waals surface area contributed by atoms with Gasteiger partial charge in [0.2, 0.25) is 0 Å². The van der Waals surface area contributed by atoms with E-state index in [4.69, 9.17) is 14.2 Å². The van der Waals surface area contributed by atoms with Gasteiger partial charge in [0.1, 0.15) is 6.79 Å². The molecule has 27 heavy (non-hydrogen) atoms. The van der Waals surface area contributed by atoms with Crippen molar-refractivity contribution in [3.8, 4) is 19.7 Å². The highest BCUT2D eigenvalue weighted by molar-refractivity contribution is 14.1. The van der Waals surface area contributed by atoms with Gasteiger partial charge in [0, 0.05) is 77.1 Å². The predicted molar refractivity (Wildman–Crippen MR) is 122 cm³/mol. The third kappa shape index (κ3) is 5.43. The molecule has 1 saturated heterocycles. The van der Waals surface area contributed by atoms with Gasteiger partial charge in [0.05, 0.1) is 18.8 Å². The molecule has 5 nitrogen and oxygen atoms in total. The number of rotatable bonds is 5. The van der Waals surface area contributed by atoms with Crippen LogP contribution in [0.5, 0.6) is 0 Å². The molecule has 4 atom stereocenters. The zero-order valence-electron chi connectivity index (χ0n) is 15.9. The number of nitrogens with zero attached hydrogens (tertiary/aromatic N) is 1. The third-order valence-electron chi connectivity index (χ3n) is 5.79. The highest BCUT2D eigenvalue weighted by atomic mass is 127. The molecule has 1 heterocycles. The molecule has 0 N–H and O–H groups in total. The third-order valence-corrected chi connectivity index (χ3v) is 6.56. The van der Waals surface area contributed by atoms with Gasteiger partial charge >= 0.3 is 6.09 Å². The highest BCUT2D eigenvalue weighted by Gasteiger charge is 2.54. The molecule has 0 aromatic rings. The number of piperidine rings is 1. The van der Waals surface area contributed by atoms with Gasteiger partial charge in [-0.05, 0) is 46.4 Å². The largest absolute Gasteiger partial charge is 0.453 e. The molecular weight excluding hydrogens is 572 g/mol. The standard InChI is InChI=1S/C20H27I2NO4/c1-25-15-27-18-10-4-12-20(17(18)9-6-14-22)11-3-7-16(8-5-13-21)23(20)19(24)26-2/h16-18H,3-4,7-12,15H2,1-2H3/t16?,17-,18+,20-/m1/s1. The Balaban J connectivity index is 2.43. The molecule has 0 radical (unpaired) electrons. The predicted octanol–water partition coefficient (Wildman–Crippen LogP) is 4.71. The van der Waals surface area contributed by atoms with E-state index in [1.807, 2.05) is 4.90 Å². The van der Waals surface area contributed by atoms with E-state index in [0.717, 1.165) is 38.5 Å². The minimum absolute atomic E-state index is 0.0255. The van der Waals surface area contributed by atoms with E-state index >= 15 is 0 Å². The van der Waals surface area contributed by atoms with Crippen LogP contribution in [-0.2, 0) is 14.2 Å². The topological polar surface area (TPSA) is 48.0 Å². The summed E-state index contributed by atoms with van der Waals surface area (Å²) in [7, 11) is 3.10. The van der Waals surface area contributed by atoms with Crippen molar-refractivity contribution in [3.63, 3.8) is 0 Å². The lowest BCUT2D eigenvalue weighted by molar-refractivity contribution is -0.149. The number of likely N-dealkylation sites (tertiary alicyclic amines) is 1. The maximum absolute atomic E-state index is 12.9. The van der Waals surface area contributed by atoms with Gasteiger partial charge in [-0.1, -0.05) is 11.8 Å². The van der Waals surface area contributed by atoms with Crippen molar-refractivity contribution in [1.82, 2.24) is 4.90 Å². The summed E-state index contributed by atoms with van der Waals surface area (Å²) >= 11 is 4.13. The summed E-state index contributed by atoms with van der Waals surface area (Å²) in [6.45, 7) is 0.261. The Morgan fingerprint density at radius 1 is 1.11 bits per heavy atom. The van der Waals surface area contributed by atoms with E-state index in [0.29, 0.717) is 12.8 Å². The number of hydrogen-bond acceptors (Lipinski definition) is 4. The molecule has 2 aliphatic rings. The van der Waals surface area contributed by atoms with Crippen LogP contribution >= 0.6 is 45.2 Å². The first-order valence-electron chi connectivity index (χ1n) is 9.29. The van der Waals surface area contributed by atoms with Gasteiger partial charge in [0.15, 0.2) is 0 Å². The molecule has 1 spiro atoms. The van der Waals surface area contributed by atoms with Crippen LogP contribution in [0.1, 0.15) is 51.4 Å². The molecule has 150 valence electrons. The van der Waals surface area contributed by atoms with E-state index in [1.54, 1.807) is 7.11 Å². The monoisotopic (exact) mass is 599 g/mol. The molecule has 1 aliphatic heterocycles. The maximum atomic E-state index is 12.9. The molecule has 7 heteroatoms.